The van der Waals surface area contributed by atoms with E-state index < -0.39 is 11.1 Å². The highest BCUT2D eigenvalue weighted by Gasteiger charge is 2.36. The van der Waals surface area contributed by atoms with Crippen molar-refractivity contribution in [3.8, 4) is 11.5 Å². The van der Waals surface area contributed by atoms with Gasteiger partial charge in [0.2, 0.25) is 5.91 Å². The third-order valence-corrected chi connectivity index (χ3v) is 6.15. The number of amides is 3. The van der Waals surface area contributed by atoms with Crippen LogP contribution in [0.3, 0.4) is 0 Å². The summed E-state index contributed by atoms with van der Waals surface area (Å²) in [5, 5.41) is 2.91. The van der Waals surface area contributed by atoms with E-state index in [1.807, 2.05) is 12.1 Å². The number of halogens is 1. The molecule has 1 fully saturated rings. The Morgan fingerprint density at radius 3 is 2.40 bits per heavy atom. The normalized spacial score (nSPS) is 14.4. The summed E-state index contributed by atoms with van der Waals surface area (Å²) in [7, 11) is 1.53. The highest BCUT2D eigenvalue weighted by atomic mass is 35.5. The van der Waals surface area contributed by atoms with Gasteiger partial charge in [-0.15, -0.1) is 0 Å². The van der Waals surface area contributed by atoms with Gasteiger partial charge >= 0.3 is 0 Å². The van der Waals surface area contributed by atoms with E-state index in [9.17, 15) is 14.4 Å². The van der Waals surface area contributed by atoms with E-state index in [-0.39, 0.29) is 10.8 Å². The Kier molecular flexibility index (Phi) is 7.43. The first kappa shape index (κ1) is 24.4. The van der Waals surface area contributed by atoms with Crippen molar-refractivity contribution in [1.82, 2.24) is 0 Å². The molecule has 1 heterocycles. The van der Waals surface area contributed by atoms with Gasteiger partial charge in [-0.1, -0.05) is 29.8 Å². The van der Waals surface area contributed by atoms with Crippen molar-refractivity contribution in [3.63, 3.8) is 0 Å². The molecule has 1 N–H and O–H groups in total. The fourth-order valence-corrected chi connectivity index (χ4v) is 4.34. The van der Waals surface area contributed by atoms with Crippen molar-refractivity contribution in [2.24, 2.45) is 0 Å². The molecule has 0 saturated carbocycles. The van der Waals surface area contributed by atoms with Gasteiger partial charge in [-0.05, 0) is 77.5 Å². The smallest absolute Gasteiger partial charge is 0.298 e. The molecule has 1 saturated heterocycles. The SMILES string of the molecule is COc1cc(/C=C2\SC(=O)N(c3ccc(NC(C)=O)cc3)C2=O)ccc1OCc1ccc(Cl)cc1. The molecule has 7 nitrogen and oxygen atoms in total. The molecular weight excluding hydrogens is 488 g/mol. The van der Waals surface area contributed by atoms with Crippen LogP contribution < -0.4 is 19.7 Å². The molecule has 9 heteroatoms. The van der Waals surface area contributed by atoms with Gasteiger partial charge in [0.05, 0.1) is 17.7 Å². The third-order valence-electron chi connectivity index (χ3n) is 5.03. The maximum absolute atomic E-state index is 13.0. The number of carbonyl (C=O) groups excluding carboxylic acids is 3. The van der Waals surface area contributed by atoms with Crippen molar-refractivity contribution in [1.29, 1.82) is 0 Å². The monoisotopic (exact) mass is 508 g/mol. The van der Waals surface area contributed by atoms with Gasteiger partial charge in [0.1, 0.15) is 6.61 Å². The Morgan fingerprint density at radius 2 is 1.74 bits per heavy atom. The number of nitrogens with zero attached hydrogens (tertiary/aromatic N) is 1. The molecule has 3 aromatic rings. The number of methoxy groups -OCH3 is 1. The molecule has 0 aliphatic carbocycles. The quantitative estimate of drug-likeness (QED) is 0.386. The standard InChI is InChI=1S/C26H21ClN2O5S/c1-16(30)28-20-8-10-21(11-9-20)29-25(31)24(35-26(29)32)14-18-5-12-22(23(13-18)33-2)34-15-17-3-6-19(27)7-4-17/h3-14H,15H2,1-2H3,(H,28,30)/b24-14-. The number of hydrogen-bond donors (Lipinski definition) is 1. The summed E-state index contributed by atoms with van der Waals surface area (Å²) in [6.07, 6.45) is 1.64. The Balaban J connectivity index is 1.49. The lowest BCUT2D eigenvalue weighted by molar-refractivity contribution is -0.114. The number of thioether (sulfide) groups is 1. The highest BCUT2D eigenvalue weighted by molar-refractivity contribution is 8.19. The van der Waals surface area contributed by atoms with Gasteiger partial charge in [-0.3, -0.25) is 14.4 Å². The van der Waals surface area contributed by atoms with Crippen LogP contribution in [0.15, 0.2) is 71.6 Å². The Hall–Kier alpha value is -3.75. The molecule has 1 aliphatic rings. The second kappa shape index (κ2) is 10.7. The number of benzene rings is 3. The van der Waals surface area contributed by atoms with E-state index in [0.29, 0.717) is 40.1 Å². The lowest BCUT2D eigenvalue weighted by Gasteiger charge is -2.13. The average Bonchev–Trinajstić information content (AvgIpc) is 3.11. The van der Waals surface area contributed by atoms with Crippen LogP contribution in [0.2, 0.25) is 5.02 Å². The molecule has 0 radical (unpaired) electrons. The predicted octanol–water partition coefficient (Wildman–Crippen LogP) is 6.13. The molecule has 0 atom stereocenters. The lowest BCUT2D eigenvalue weighted by atomic mass is 10.1. The first-order valence-corrected chi connectivity index (χ1v) is 11.7. The minimum Gasteiger partial charge on any atom is -0.493 e. The molecule has 35 heavy (non-hydrogen) atoms. The molecule has 0 spiro atoms. The highest BCUT2D eigenvalue weighted by Crippen LogP contribution is 2.37. The number of anilines is 2. The first-order chi connectivity index (χ1) is 16.8. The molecular formula is C26H21ClN2O5S. The summed E-state index contributed by atoms with van der Waals surface area (Å²) in [5.74, 6) is 0.422. The van der Waals surface area contributed by atoms with Crippen molar-refractivity contribution in [2.45, 2.75) is 13.5 Å². The Bertz CT molecular complexity index is 1310. The zero-order chi connectivity index (χ0) is 24.9. The topological polar surface area (TPSA) is 84.9 Å². The van der Waals surface area contributed by atoms with Crippen molar-refractivity contribution in [3.05, 3.63) is 87.8 Å². The van der Waals surface area contributed by atoms with Gasteiger partial charge in [0.25, 0.3) is 11.1 Å². The van der Waals surface area contributed by atoms with E-state index in [1.54, 1.807) is 60.7 Å². The molecule has 0 aromatic heterocycles. The summed E-state index contributed by atoms with van der Waals surface area (Å²) < 4.78 is 11.3. The second-order valence-corrected chi connectivity index (χ2v) is 9.00. The molecule has 3 amide bonds. The van der Waals surface area contributed by atoms with Gasteiger partial charge in [-0.25, -0.2) is 4.90 Å². The largest absolute Gasteiger partial charge is 0.493 e. The van der Waals surface area contributed by atoms with Crippen LogP contribution in [-0.2, 0) is 16.2 Å². The third kappa shape index (κ3) is 5.85. The molecule has 0 bridgehead atoms. The van der Waals surface area contributed by atoms with Gasteiger partial charge < -0.3 is 14.8 Å². The van der Waals surface area contributed by atoms with Crippen LogP contribution in [0.5, 0.6) is 11.5 Å². The lowest BCUT2D eigenvalue weighted by Crippen LogP contribution is -2.27. The maximum Gasteiger partial charge on any atom is 0.298 e. The van der Waals surface area contributed by atoms with Gasteiger partial charge in [0, 0.05) is 17.6 Å². The zero-order valence-electron chi connectivity index (χ0n) is 18.9. The molecule has 0 unspecified atom stereocenters. The number of rotatable bonds is 7. The van der Waals surface area contributed by atoms with Crippen LogP contribution in [0.4, 0.5) is 16.2 Å². The van der Waals surface area contributed by atoms with Crippen molar-refractivity contribution < 1.29 is 23.9 Å². The number of ether oxygens (including phenoxy) is 2. The second-order valence-electron chi connectivity index (χ2n) is 7.57. The fourth-order valence-electron chi connectivity index (χ4n) is 3.37. The summed E-state index contributed by atoms with van der Waals surface area (Å²) >= 11 is 6.78. The van der Waals surface area contributed by atoms with E-state index in [1.165, 1.54) is 14.0 Å². The van der Waals surface area contributed by atoms with Crippen molar-refractivity contribution in [2.75, 3.05) is 17.3 Å². The van der Waals surface area contributed by atoms with Crippen LogP contribution in [0, 0.1) is 0 Å². The number of nitrogens with one attached hydrogen (secondary N) is 1. The predicted molar refractivity (Wildman–Crippen MR) is 138 cm³/mol. The van der Waals surface area contributed by atoms with E-state index in [2.05, 4.69) is 5.32 Å². The molecule has 4 rings (SSSR count). The minimum absolute atomic E-state index is 0.205. The first-order valence-electron chi connectivity index (χ1n) is 10.5. The van der Waals surface area contributed by atoms with Crippen LogP contribution in [0.25, 0.3) is 6.08 Å². The van der Waals surface area contributed by atoms with Crippen LogP contribution in [0.1, 0.15) is 18.1 Å². The summed E-state index contributed by atoms with van der Waals surface area (Å²) in [4.78, 5) is 38.1. The summed E-state index contributed by atoms with van der Waals surface area (Å²) in [6.45, 7) is 1.74. The molecule has 3 aromatic carbocycles. The Labute approximate surface area is 211 Å². The van der Waals surface area contributed by atoms with Gasteiger partial charge in [-0.2, -0.15) is 0 Å². The fraction of sp³-hybridized carbons (Fsp3) is 0.115. The van der Waals surface area contributed by atoms with Gasteiger partial charge in [0.15, 0.2) is 11.5 Å². The van der Waals surface area contributed by atoms with Crippen LogP contribution in [-0.4, -0.2) is 24.2 Å². The molecule has 178 valence electrons. The number of hydrogen-bond acceptors (Lipinski definition) is 6. The number of imide groups is 1. The summed E-state index contributed by atoms with van der Waals surface area (Å²) in [5.41, 5.74) is 2.65. The summed E-state index contributed by atoms with van der Waals surface area (Å²) in [6, 6.07) is 19.1. The minimum atomic E-state index is -0.422. The van der Waals surface area contributed by atoms with E-state index in [0.717, 1.165) is 22.2 Å². The van der Waals surface area contributed by atoms with Crippen molar-refractivity contribution >= 4 is 57.9 Å². The average molecular weight is 509 g/mol. The van der Waals surface area contributed by atoms with E-state index in [4.69, 9.17) is 21.1 Å². The number of carbonyl (C=O) groups is 3. The van der Waals surface area contributed by atoms with E-state index >= 15 is 0 Å². The van der Waals surface area contributed by atoms with Crippen LogP contribution >= 0.6 is 23.4 Å². The Morgan fingerprint density at radius 1 is 1.03 bits per heavy atom. The zero-order valence-corrected chi connectivity index (χ0v) is 20.5. The molecule has 1 aliphatic heterocycles. The maximum atomic E-state index is 13.0.